The molecule has 2 aliphatic rings. The summed E-state index contributed by atoms with van der Waals surface area (Å²) < 4.78 is 2.12. The van der Waals surface area contributed by atoms with Crippen LogP contribution in [-0.2, 0) is 11.3 Å². The molecule has 0 saturated carbocycles. The number of rotatable bonds is 6. The number of hydrogen-bond donors (Lipinski definition) is 0. The average Bonchev–Trinajstić information content (AvgIpc) is 3.45. The number of carbonyl (C=O) groups is 1. The summed E-state index contributed by atoms with van der Waals surface area (Å²) in [4.78, 5) is 17.1. The molecule has 1 aromatic carbocycles. The number of likely N-dealkylation sites (tertiary alicyclic amines) is 2. The first-order chi connectivity index (χ1) is 13.2. The minimum absolute atomic E-state index is 0.158. The minimum Gasteiger partial charge on any atom is -0.342 e. The van der Waals surface area contributed by atoms with E-state index in [0.29, 0.717) is 0 Å². The second-order valence-corrected chi connectivity index (χ2v) is 8.65. The Morgan fingerprint density at radius 3 is 2.41 bits per heavy atom. The molecule has 1 atom stereocenters. The highest BCUT2D eigenvalue weighted by Gasteiger charge is 2.27. The fourth-order valence-corrected chi connectivity index (χ4v) is 4.83. The summed E-state index contributed by atoms with van der Waals surface area (Å²) in [5.74, 6) is 1.16. The summed E-state index contributed by atoms with van der Waals surface area (Å²) in [5.41, 5.74) is 1.06. The lowest BCUT2D eigenvalue weighted by molar-refractivity contribution is -0.129. The molecular formula is C20H27N5OS. The minimum atomic E-state index is -0.158. The number of para-hydroxylation sites is 1. The number of amides is 1. The SMILES string of the molecule is CC(Sc1nnc(CN2CCCC2)n1-c1ccccc1)C(=O)N1CCCC1. The van der Waals surface area contributed by atoms with E-state index in [0.717, 1.165) is 62.2 Å². The number of thioether (sulfide) groups is 1. The van der Waals surface area contributed by atoms with Gasteiger partial charge in [-0.05, 0) is 57.8 Å². The average molecular weight is 386 g/mol. The van der Waals surface area contributed by atoms with Gasteiger partial charge in [0.05, 0.1) is 11.8 Å². The smallest absolute Gasteiger partial charge is 0.235 e. The Morgan fingerprint density at radius 2 is 1.70 bits per heavy atom. The first-order valence-corrected chi connectivity index (χ1v) is 10.8. The lowest BCUT2D eigenvalue weighted by atomic mass is 10.3. The van der Waals surface area contributed by atoms with E-state index < -0.39 is 0 Å². The Balaban J connectivity index is 1.57. The number of carbonyl (C=O) groups excluding carboxylic acids is 1. The van der Waals surface area contributed by atoms with Crippen LogP contribution in [0.25, 0.3) is 5.69 Å². The Hall–Kier alpha value is -1.86. The van der Waals surface area contributed by atoms with E-state index in [1.165, 1.54) is 24.6 Å². The fourth-order valence-electron chi connectivity index (χ4n) is 3.86. The van der Waals surface area contributed by atoms with Crippen molar-refractivity contribution in [2.24, 2.45) is 0 Å². The molecular weight excluding hydrogens is 358 g/mol. The zero-order chi connectivity index (χ0) is 18.6. The first-order valence-electron chi connectivity index (χ1n) is 9.90. The summed E-state index contributed by atoms with van der Waals surface area (Å²) in [6.45, 7) is 6.79. The van der Waals surface area contributed by atoms with Gasteiger partial charge in [0.15, 0.2) is 11.0 Å². The third kappa shape index (κ3) is 4.19. The Kier molecular flexibility index (Phi) is 5.78. The number of hydrogen-bond acceptors (Lipinski definition) is 5. The van der Waals surface area contributed by atoms with Gasteiger partial charge < -0.3 is 4.90 Å². The predicted molar refractivity (Wildman–Crippen MR) is 107 cm³/mol. The summed E-state index contributed by atoms with van der Waals surface area (Å²) in [6.07, 6.45) is 4.73. The van der Waals surface area contributed by atoms with Crippen molar-refractivity contribution >= 4 is 17.7 Å². The van der Waals surface area contributed by atoms with E-state index in [4.69, 9.17) is 0 Å². The molecule has 0 aliphatic carbocycles. The normalized spacial score (nSPS) is 18.9. The molecule has 6 nitrogen and oxygen atoms in total. The van der Waals surface area contributed by atoms with Gasteiger partial charge in [-0.25, -0.2) is 0 Å². The van der Waals surface area contributed by atoms with Crippen LogP contribution >= 0.6 is 11.8 Å². The Morgan fingerprint density at radius 1 is 1.04 bits per heavy atom. The van der Waals surface area contributed by atoms with E-state index in [9.17, 15) is 4.79 Å². The van der Waals surface area contributed by atoms with Crippen LogP contribution in [0.1, 0.15) is 38.4 Å². The van der Waals surface area contributed by atoms with E-state index in [1.54, 1.807) is 0 Å². The highest BCUT2D eigenvalue weighted by molar-refractivity contribution is 8.00. The van der Waals surface area contributed by atoms with Crippen LogP contribution in [0.2, 0.25) is 0 Å². The van der Waals surface area contributed by atoms with Crippen molar-refractivity contribution in [3.63, 3.8) is 0 Å². The maximum absolute atomic E-state index is 12.7. The molecule has 0 bridgehead atoms. The molecule has 0 radical (unpaired) electrons. The van der Waals surface area contributed by atoms with Gasteiger partial charge in [-0.2, -0.15) is 0 Å². The standard InChI is InChI=1S/C20H27N5OS/c1-16(19(26)24-13-7-8-14-24)27-20-22-21-18(15-23-11-5-6-12-23)25(20)17-9-3-2-4-10-17/h2-4,9-10,16H,5-8,11-15H2,1H3. The molecule has 1 amide bonds. The maximum Gasteiger partial charge on any atom is 0.235 e. The molecule has 144 valence electrons. The molecule has 4 rings (SSSR count). The molecule has 0 spiro atoms. The van der Waals surface area contributed by atoms with Crippen molar-refractivity contribution in [1.29, 1.82) is 0 Å². The summed E-state index contributed by atoms with van der Waals surface area (Å²) in [7, 11) is 0. The second-order valence-electron chi connectivity index (χ2n) is 7.35. The molecule has 7 heteroatoms. The molecule has 27 heavy (non-hydrogen) atoms. The van der Waals surface area contributed by atoms with Crippen molar-refractivity contribution in [3.05, 3.63) is 36.2 Å². The van der Waals surface area contributed by atoms with Crippen LogP contribution < -0.4 is 0 Å². The zero-order valence-electron chi connectivity index (χ0n) is 15.9. The van der Waals surface area contributed by atoms with Crippen LogP contribution in [-0.4, -0.2) is 61.9 Å². The molecule has 3 heterocycles. The van der Waals surface area contributed by atoms with Gasteiger partial charge in [0.2, 0.25) is 5.91 Å². The van der Waals surface area contributed by atoms with Gasteiger partial charge in [-0.3, -0.25) is 14.3 Å². The predicted octanol–water partition coefficient (Wildman–Crippen LogP) is 2.97. The molecule has 2 aromatic rings. The maximum atomic E-state index is 12.7. The van der Waals surface area contributed by atoms with Gasteiger partial charge in [0.1, 0.15) is 0 Å². The molecule has 2 aliphatic heterocycles. The van der Waals surface area contributed by atoms with Crippen LogP contribution in [0, 0.1) is 0 Å². The van der Waals surface area contributed by atoms with Crippen LogP contribution in [0.5, 0.6) is 0 Å². The van der Waals surface area contributed by atoms with E-state index in [-0.39, 0.29) is 11.2 Å². The van der Waals surface area contributed by atoms with Crippen molar-refractivity contribution in [2.75, 3.05) is 26.2 Å². The second kappa shape index (κ2) is 8.44. The third-order valence-electron chi connectivity index (χ3n) is 5.33. The van der Waals surface area contributed by atoms with Crippen molar-refractivity contribution in [2.45, 2.75) is 49.6 Å². The Bertz CT molecular complexity index is 766. The lowest BCUT2D eigenvalue weighted by Crippen LogP contribution is -2.34. The lowest BCUT2D eigenvalue weighted by Gasteiger charge is -2.20. The largest absolute Gasteiger partial charge is 0.342 e. The monoisotopic (exact) mass is 385 g/mol. The van der Waals surface area contributed by atoms with Crippen molar-refractivity contribution in [3.8, 4) is 5.69 Å². The topological polar surface area (TPSA) is 54.3 Å². The molecule has 1 aromatic heterocycles. The van der Waals surface area contributed by atoms with E-state index >= 15 is 0 Å². The van der Waals surface area contributed by atoms with Gasteiger partial charge in [-0.1, -0.05) is 30.0 Å². The summed E-state index contributed by atoms with van der Waals surface area (Å²) in [5, 5.41) is 9.60. The summed E-state index contributed by atoms with van der Waals surface area (Å²) in [6, 6.07) is 10.2. The van der Waals surface area contributed by atoms with Crippen molar-refractivity contribution in [1.82, 2.24) is 24.6 Å². The zero-order valence-corrected chi connectivity index (χ0v) is 16.7. The highest BCUT2D eigenvalue weighted by atomic mass is 32.2. The Labute approximate surface area is 164 Å². The first kappa shape index (κ1) is 18.5. The number of aromatic nitrogens is 3. The van der Waals surface area contributed by atoms with Crippen LogP contribution in [0.15, 0.2) is 35.5 Å². The van der Waals surface area contributed by atoms with Crippen LogP contribution in [0.3, 0.4) is 0 Å². The van der Waals surface area contributed by atoms with Crippen LogP contribution in [0.4, 0.5) is 0 Å². The molecule has 2 fully saturated rings. The van der Waals surface area contributed by atoms with E-state index in [1.807, 2.05) is 30.0 Å². The fraction of sp³-hybridized carbons (Fsp3) is 0.550. The van der Waals surface area contributed by atoms with E-state index in [2.05, 4.69) is 31.8 Å². The molecule has 0 N–H and O–H groups in total. The third-order valence-corrected chi connectivity index (χ3v) is 6.36. The highest BCUT2D eigenvalue weighted by Crippen LogP contribution is 2.28. The summed E-state index contributed by atoms with van der Waals surface area (Å²) >= 11 is 1.52. The number of nitrogens with zero attached hydrogens (tertiary/aromatic N) is 5. The number of benzene rings is 1. The van der Waals surface area contributed by atoms with Gasteiger partial charge >= 0.3 is 0 Å². The van der Waals surface area contributed by atoms with Gasteiger partial charge in [0, 0.05) is 18.8 Å². The van der Waals surface area contributed by atoms with Gasteiger partial charge in [0.25, 0.3) is 0 Å². The molecule has 1 unspecified atom stereocenters. The van der Waals surface area contributed by atoms with Crippen molar-refractivity contribution < 1.29 is 4.79 Å². The quantitative estimate of drug-likeness (QED) is 0.716. The van der Waals surface area contributed by atoms with Gasteiger partial charge in [-0.15, -0.1) is 10.2 Å². The molecule has 2 saturated heterocycles.